The summed E-state index contributed by atoms with van der Waals surface area (Å²) < 4.78 is 11.1. The second-order valence-electron chi connectivity index (χ2n) is 7.47. The molecule has 6 nitrogen and oxygen atoms in total. The van der Waals surface area contributed by atoms with E-state index >= 15 is 0 Å². The molecule has 0 unspecified atom stereocenters. The van der Waals surface area contributed by atoms with Gasteiger partial charge in [0, 0.05) is 22.2 Å². The monoisotopic (exact) mass is 494 g/mol. The first-order chi connectivity index (χ1) is 16.4. The molecule has 2 aromatic heterocycles. The summed E-state index contributed by atoms with van der Waals surface area (Å²) in [5, 5.41) is 6.35. The number of furan rings is 2. The molecule has 4 rings (SSSR count). The predicted molar refractivity (Wildman–Crippen MR) is 131 cm³/mol. The van der Waals surface area contributed by atoms with Gasteiger partial charge in [-0.1, -0.05) is 40.9 Å². The Morgan fingerprint density at radius 3 is 2.50 bits per heavy atom. The molecular weight excluding hydrogens is 475 g/mol. The highest BCUT2D eigenvalue weighted by atomic mass is 35.5. The van der Waals surface area contributed by atoms with Gasteiger partial charge in [0.15, 0.2) is 0 Å². The van der Waals surface area contributed by atoms with Crippen LogP contribution in [0.4, 0.5) is 0 Å². The number of carbonyl (C=O) groups excluding carboxylic acids is 2. The Balaban J connectivity index is 1.60. The molecule has 0 aliphatic rings. The van der Waals surface area contributed by atoms with Gasteiger partial charge in [-0.15, -0.1) is 0 Å². The minimum Gasteiger partial charge on any atom is -0.467 e. The van der Waals surface area contributed by atoms with Gasteiger partial charge in [0.1, 0.15) is 23.0 Å². The number of hydrogen-bond acceptors (Lipinski definition) is 4. The van der Waals surface area contributed by atoms with E-state index in [2.05, 4.69) is 10.6 Å². The lowest BCUT2D eigenvalue weighted by molar-refractivity contribution is -0.118. The Morgan fingerprint density at radius 1 is 1.00 bits per heavy atom. The van der Waals surface area contributed by atoms with Crippen molar-refractivity contribution in [3.63, 3.8) is 0 Å². The fraction of sp³-hybridized carbons (Fsp3) is 0.0769. The van der Waals surface area contributed by atoms with Crippen molar-refractivity contribution in [2.45, 2.75) is 13.5 Å². The molecule has 2 aromatic carbocycles. The molecule has 34 heavy (non-hydrogen) atoms. The van der Waals surface area contributed by atoms with Gasteiger partial charge in [0.05, 0.1) is 17.8 Å². The first-order valence-electron chi connectivity index (χ1n) is 10.3. The van der Waals surface area contributed by atoms with Crippen molar-refractivity contribution in [3.8, 4) is 11.3 Å². The minimum absolute atomic E-state index is 0.0141. The highest BCUT2D eigenvalue weighted by molar-refractivity contribution is 6.36. The molecule has 8 heteroatoms. The van der Waals surface area contributed by atoms with Gasteiger partial charge in [0.25, 0.3) is 11.8 Å². The summed E-state index contributed by atoms with van der Waals surface area (Å²) in [7, 11) is 0. The average Bonchev–Trinajstić information content (AvgIpc) is 3.50. The maximum absolute atomic E-state index is 12.9. The summed E-state index contributed by atoms with van der Waals surface area (Å²) >= 11 is 12.2. The fourth-order valence-corrected chi connectivity index (χ4v) is 3.64. The van der Waals surface area contributed by atoms with Crippen LogP contribution in [-0.2, 0) is 11.3 Å². The van der Waals surface area contributed by atoms with E-state index in [-0.39, 0.29) is 12.2 Å². The van der Waals surface area contributed by atoms with Crippen molar-refractivity contribution < 1.29 is 18.4 Å². The molecule has 4 aromatic rings. The first kappa shape index (κ1) is 23.4. The summed E-state index contributed by atoms with van der Waals surface area (Å²) in [5.41, 5.74) is 2.11. The van der Waals surface area contributed by atoms with Crippen molar-refractivity contribution in [1.82, 2.24) is 10.6 Å². The first-order valence-corrected chi connectivity index (χ1v) is 11.1. The second-order valence-corrected chi connectivity index (χ2v) is 8.31. The van der Waals surface area contributed by atoms with Gasteiger partial charge in [0.2, 0.25) is 0 Å². The quantitative estimate of drug-likeness (QED) is 0.297. The Bertz CT molecular complexity index is 1340. The average molecular weight is 495 g/mol. The summed E-state index contributed by atoms with van der Waals surface area (Å²) in [6.07, 6.45) is 2.97. The largest absolute Gasteiger partial charge is 0.467 e. The maximum Gasteiger partial charge on any atom is 0.268 e. The molecule has 0 aliphatic carbocycles. The molecular formula is C26H20Cl2N2O4. The zero-order valence-corrected chi connectivity index (χ0v) is 19.6. The van der Waals surface area contributed by atoms with Crippen LogP contribution in [0.5, 0.6) is 0 Å². The third-order valence-electron chi connectivity index (χ3n) is 4.92. The number of amides is 2. The van der Waals surface area contributed by atoms with Crippen LogP contribution < -0.4 is 10.6 Å². The van der Waals surface area contributed by atoms with Crippen LogP contribution in [0.1, 0.15) is 27.4 Å². The van der Waals surface area contributed by atoms with Gasteiger partial charge >= 0.3 is 0 Å². The Labute approximate surface area is 206 Å². The van der Waals surface area contributed by atoms with Gasteiger partial charge in [-0.25, -0.2) is 0 Å². The lowest BCUT2D eigenvalue weighted by Crippen LogP contribution is -2.34. The highest BCUT2D eigenvalue weighted by Crippen LogP contribution is 2.32. The standard InChI is InChI=1S/C26H20Cl2N2O4/c1-16-4-6-17(7-5-16)25(31)30-23(26(32)29-15-20-3-2-12-33-20)14-19-9-11-24(34-19)21-10-8-18(27)13-22(21)28/h2-14H,15H2,1H3,(H,29,32)(H,30,31)/b23-14-. The van der Waals surface area contributed by atoms with Crippen LogP contribution in [0.2, 0.25) is 10.0 Å². The van der Waals surface area contributed by atoms with Crippen molar-refractivity contribution in [2.24, 2.45) is 0 Å². The predicted octanol–water partition coefficient (Wildman–Crippen LogP) is 6.24. The van der Waals surface area contributed by atoms with E-state index in [4.69, 9.17) is 32.0 Å². The zero-order valence-electron chi connectivity index (χ0n) is 18.1. The normalized spacial score (nSPS) is 11.3. The lowest BCUT2D eigenvalue weighted by atomic mass is 10.1. The number of benzene rings is 2. The van der Waals surface area contributed by atoms with E-state index < -0.39 is 11.8 Å². The molecule has 0 spiro atoms. The number of hydrogen-bond donors (Lipinski definition) is 2. The van der Waals surface area contributed by atoms with Crippen LogP contribution in [-0.4, -0.2) is 11.8 Å². The van der Waals surface area contributed by atoms with E-state index in [1.807, 2.05) is 19.1 Å². The third kappa shape index (κ3) is 5.78. The molecule has 0 saturated carbocycles. The van der Waals surface area contributed by atoms with Crippen LogP contribution in [0.15, 0.2) is 87.5 Å². The van der Waals surface area contributed by atoms with E-state index in [1.165, 1.54) is 12.3 Å². The molecule has 0 atom stereocenters. The molecule has 0 radical (unpaired) electrons. The molecule has 0 aliphatic heterocycles. The van der Waals surface area contributed by atoms with Crippen molar-refractivity contribution >= 4 is 41.1 Å². The number of rotatable bonds is 7. The number of halogens is 2. The molecule has 2 heterocycles. The highest BCUT2D eigenvalue weighted by Gasteiger charge is 2.17. The summed E-state index contributed by atoms with van der Waals surface area (Å²) in [6.45, 7) is 2.09. The van der Waals surface area contributed by atoms with E-state index in [1.54, 1.807) is 54.6 Å². The lowest BCUT2D eigenvalue weighted by Gasteiger charge is -2.10. The van der Waals surface area contributed by atoms with Gasteiger partial charge in [-0.2, -0.15) is 0 Å². The van der Waals surface area contributed by atoms with Crippen LogP contribution in [0.25, 0.3) is 17.4 Å². The van der Waals surface area contributed by atoms with Crippen molar-refractivity contribution in [2.75, 3.05) is 0 Å². The van der Waals surface area contributed by atoms with Crippen LogP contribution in [0.3, 0.4) is 0 Å². The molecule has 172 valence electrons. The number of carbonyl (C=O) groups is 2. The Morgan fingerprint density at radius 2 is 1.79 bits per heavy atom. The number of aryl methyl sites for hydroxylation is 1. The Hall–Kier alpha value is -3.74. The molecule has 0 fully saturated rings. The van der Waals surface area contributed by atoms with Crippen LogP contribution >= 0.6 is 23.2 Å². The van der Waals surface area contributed by atoms with E-state index in [0.717, 1.165) is 5.56 Å². The van der Waals surface area contributed by atoms with Gasteiger partial charge in [-0.3, -0.25) is 9.59 Å². The third-order valence-corrected chi connectivity index (χ3v) is 5.47. The fourth-order valence-electron chi connectivity index (χ4n) is 3.14. The maximum atomic E-state index is 12.9. The molecule has 0 saturated heterocycles. The van der Waals surface area contributed by atoms with E-state index in [0.29, 0.717) is 38.5 Å². The number of nitrogens with one attached hydrogen (secondary N) is 2. The topological polar surface area (TPSA) is 84.5 Å². The molecule has 2 N–H and O–H groups in total. The minimum atomic E-state index is -0.501. The molecule has 2 amide bonds. The SMILES string of the molecule is Cc1ccc(C(=O)N/C(=C\c2ccc(-c3ccc(Cl)cc3Cl)o2)C(=O)NCc2ccco2)cc1. The zero-order chi connectivity index (χ0) is 24.1. The molecule has 0 bridgehead atoms. The van der Waals surface area contributed by atoms with Gasteiger partial charge < -0.3 is 19.5 Å². The van der Waals surface area contributed by atoms with Crippen molar-refractivity contribution in [3.05, 3.63) is 111 Å². The van der Waals surface area contributed by atoms with Crippen molar-refractivity contribution in [1.29, 1.82) is 0 Å². The summed E-state index contributed by atoms with van der Waals surface area (Å²) in [4.78, 5) is 25.7. The van der Waals surface area contributed by atoms with E-state index in [9.17, 15) is 9.59 Å². The summed E-state index contributed by atoms with van der Waals surface area (Å²) in [6, 6.07) is 19.0. The Kier molecular flexibility index (Phi) is 7.21. The smallest absolute Gasteiger partial charge is 0.268 e. The second kappa shape index (κ2) is 10.5. The van der Waals surface area contributed by atoms with Gasteiger partial charge in [-0.05, 0) is 61.5 Å². The van der Waals surface area contributed by atoms with Crippen LogP contribution in [0, 0.1) is 6.92 Å². The summed E-state index contributed by atoms with van der Waals surface area (Å²) in [5.74, 6) is 0.503.